The smallest absolute Gasteiger partial charge is 0.238 e. The molecule has 0 radical (unpaired) electrons. The topological polar surface area (TPSA) is 32.1 Å². The van der Waals surface area contributed by atoms with Gasteiger partial charge in [0.25, 0.3) is 0 Å². The molecule has 2 atom stereocenters. The zero-order valence-electron chi connectivity index (χ0n) is 6.72. The summed E-state index contributed by atoms with van der Waals surface area (Å²) in [5.41, 5.74) is 0. The Balaban J connectivity index is 2.31. The van der Waals surface area contributed by atoms with Crippen LogP contribution in [0.2, 0.25) is 0 Å². The van der Waals surface area contributed by atoms with E-state index in [1.807, 2.05) is 0 Å². The fraction of sp³-hybridized carbons (Fsp3) is 0.857. The minimum Gasteiger partial charge on any atom is -0.358 e. The SMILES string of the molecule is CNC(=O)C1CN1C(C)C. The van der Waals surface area contributed by atoms with Crippen LogP contribution in [0, 0.1) is 0 Å². The molecule has 0 bridgehead atoms. The Hall–Kier alpha value is -0.570. The molecule has 0 saturated carbocycles. The first-order valence-electron chi connectivity index (χ1n) is 3.64. The highest BCUT2D eigenvalue weighted by Gasteiger charge is 2.41. The van der Waals surface area contributed by atoms with Crippen LogP contribution in [0.15, 0.2) is 0 Å². The molecule has 0 spiro atoms. The van der Waals surface area contributed by atoms with Crippen LogP contribution < -0.4 is 5.32 Å². The molecule has 1 aliphatic rings. The van der Waals surface area contributed by atoms with E-state index in [-0.39, 0.29) is 11.9 Å². The number of carbonyl (C=O) groups is 1. The summed E-state index contributed by atoms with van der Waals surface area (Å²) in [6, 6.07) is 0.660. The van der Waals surface area contributed by atoms with Gasteiger partial charge < -0.3 is 5.32 Å². The fourth-order valence-electron chi connectivity index (χ4n) is 1.12. The molecule has 1 fully saturated rings. The van der Waals surface area contributed by atoms with Crippen molar-refractivity contribution >= 4 is 5.91 Å². The lowest BCUT2D eigenvalue weighted by molar-refractivity contribution is -0.120. The van der Waals surface area contributed by atoms with E-state index in [1.54, 1.807) is 7.05 Å². The van der Waals surface area contributed by atoms with Crippen LogP contribution in [-0.2, 0) is 4.79 Å². The molecular formula is C7H14N2O. The molecule has 1 amide bonds. The number of hydrogen-bond acceptors (Lipinski definition) is 2. The number of rotatable bonds is 2. The molecule has 0 aromatic carbocycles. The van der Waals surface area contributed by atoms with Gasteiger partial charge in [0.05, 0.1) is 0 Å². The second-order valence-corrected chi connectivity index (χ2v) is 2.92. The molecule has 0 aromatic heterocycles. The highest BCUT2D eigenvalue weighted by Crippen LogP contribution is 2.20. The molecule has 1 heterocycles. The average molecular weight is 142 g/mol. The molecule has 1 saturated heterocycles. The highest BCUT2D eigenvalue weighted by atomic mass is 16.2. The van der Waals surface area contributed by atoms with Gasteiger partial charge in [-0.2, -0.15) is 0 Å². The van der Waals surface area contributed by atoms with E-state index in [1.165, 1.54) is 0 Å². The van der Waals surface area contributed by atoms with Gasteiger partial charge in [-0.15, -0.1) is 0 Å². The first-order valence-corrected chi connectivity index (χ1v) is 3.64. The molecule has 1 rings (SSSR count). The number of nitrogens with zero attached hydrogens (tertiary/aromatic N) is 1. The molecule has 2 unspecified atom stereocenters. The lowest BCUT2D eigenvalue weighted by atomic mass is 10.4. The second-order valence-electron chi connectivity index (χ2n) is 2.92. The maximum absolute atomic E-state index is 10.9. The Kier molecular flexibility index (Phi) is 1.94. The van der Waals surface area contributed by atoms with Gasteiger partial charge in [0.2, 0.25) is 5.91 Å². The van der Waals surface area contributed by atoms with Crippen LogP contribution in [0.1, 0.15) is 13.8 Å². The summed E-state index contributed by atoms with van der Waals surface area (Å²) in [5, 5.41) is 2.63. The summed E-state index contributed by atoms with van der Waals surface area (Å²) in [7, 11) is 1.68. The highest BCUT2D eigenvalue weighted by molar-refractivity contribution is 5.84. The molecule has 1 N–H and O–H groups in total. The van der Waals surface area contributed by atoms with Gasteiger partial charge in [0.1, 0.15) is 6.04 Å². The predicted molar refractivity (Wildman–Crippen MR) is 39.7 cm³/mol. The Morgan fingerprint density at radius 3 is 2.60 bits per heavy atom. The summed E-state index contributed by atoms with van der Waals surface area (Å²) in [4.78, 5) is 13.1. The fourth-order valence-corrected chi connectivity index (χ4v) is 1.12. The van der Waals surface area contributed by atoms with E-state index >= 15 is 0 Å². The largest absolute Gasteiger partial charge is 0.358 e. The van der Waals surface area contributed by atoms with Gasteiger partial charge in [-0.25, -0.2) is 0 Å². The molecule has 58 valence electrons. The quantitative estimate of drug-likeness (QED) is 0.543. The van der Waals surface area contributed by atoms with Crippen molar-refractivity contribution < 1.29 is 4.79 Å². The Morgan fingerprint density at radius 1 is 1.70 bits per heavy atom. The Labute approximate surface area is 61.4 Å². The van der Waals surface area contributed by atoms with Crippen molar-refractivity contribution in [1.82, 2.24) is 10.2 Å². The van der Waals surface area contributed by atoms with Gasteiger partial charge in [-0.05, 0) is 13.8 Å². The van der Waals surface area contributed by atoms with Gasteiger partial charge in [-0.3, -0.25) is 9.69 Å². The third-order valence-corrected chi connectivity index (χ3v) is 1.86. The summed E-state index contributed by atoms with van der Waals surface area (Å²) < 4.78 is 0. The predicted octanol–water partition coefficient (Wildman–Crippen LogP) is -0.175. The van der Waals surface area contributed by atoms with Crippen LogP contribution in [0.25, 0.3) is 0 Å². The van der Waals surface area contributed by atoms with Crippen molar-refractivity contribution in [2.75, 3.05) is 13.6 Å². The van der Waals surface area contributed by atoms with Gasteiger partial charge in [0.15, 0.2) is 0 Å². The van der Waals surface area contributed by atoms with Crippen LogP contribution in [0.4, 0.5) is 0 Å². The first-order chi connectivity index (χ1) is 4.66. The molecule has 0 aliphatic carbocycles. The normalized spacial score (nSPS) is 30.4. The summed E-state index contributed by atoms with van der Waals surface area (Å²) in [5.74, 6) is 0.147. The third-order valence-electron chi connectivity index (χ3n) is 1.86. The number of amides is 1. The molecule has 10 heavy (non-hydrogen) atoms. The maximum atomic E-state index is 10.9. The van der Waals surface area contributed by atoms with Crippen LogP contribution in [0.5, 0.6) is 0 Å². The maximum Gasteiger partial charge on any atom is 0.238 e. The molecule has 1 aliphatic heterocycles. The van der Waals surface area contributed by atoms with Crippen LogP contribution >= 0.6 is 0 Å². The number of nitrogens with one attached hydrogen (secondary N) is 1. The van der Waals surface area contributed by atoms with Crippen molar-refractivity contribution in [2.45, 2.75) is 25.9 Å². The summed E-state index contributed by atoms with van der Waals surface area (Å²) in [6.45, 7) is 5.13. The molecular weight excluding hydrogens is 128 g/mol. The Morgan fingerprint density at radius 2 is 2.30 bits per heavy atom. The van der Waals surface area contributed by atoms with Gasteiger partial charge >= 0.3 is 0 Å². The minimum absolute atomic E-state index is 0.147. The lowest BCUT2D eigenvalue weighted by Gasteiger charge is -2.05. The van der Waals surface area contributed by atoms with E-state index in [2.05, 4.69) is 24.1 Å². The third kappa shape index (κ3) is 1.29. The van der Waals surface area contributed by atoms with E-state index in [4.69, 9.17) is 0 Å². The monoisotopic (exact) mass is 142 g/mol. The van der Waals surface area contributed by atoms with Crippen LogP contribution in [0.3, 0.4) is 0 Å². The Bertz CT molecular complexity index is 145. The zero-order chi connectivity index (χ0) is 7.72. The van der Waals surface area contributed by atoms with E-state index in [0.29, 0.717) is 6.04 Å². The van der Waals surface area contributed by atoms with Crippen molar-refractivity contribution in [3.63, 3.8) is 0 Å². The number of hydrogen-bond donors (Lipinski definition) is 1. The van der Waals surface area contributed by atoms with Crippen molar-refractivity contribution in [2.24, 2.45) is 0 Å². The van der Waals surface area contributed by atoms with Crippen molar-refractivity contribution in [3.05, 3.63) is 0 Å². The minimum atomic E-state index is 0.147. The summed E-state index contributed by atoms with van der Waals surface area (Å²) >= 11 is 0. The van der Waals surface area contributed by atoms with Crippen molar-refractivity contribution in [3.8, 4) is 0 Å². The van der Waals surface area contributed by atoms with E-state index < -0.39 is 0 Å². The van der Waals surface area contributed by atoms with E-state index in [9.17, 15) is 4.79 Å². The first kappa shape index (κ1) is 7.54. The average Bonchev–Trinajstić information content (AvgIpc) is 2.64. The van der Waals surface area contributed by atoms with E-state index in [0.717, 1.165) is 6.54 Å². The zero-order valence-corrected chi connectivity index (χ0v) is 6.72. The summed E-state index contributed by atoms with van der Waals surface area (Å²) in [6.07, 6.45) is 0. The molecule has 3 heteroatoms. The van der Waals surface area contributed by atoms with Crippen molar-refractivity contribution in [1.29, 1.82) is 0 Å². The number of carbonyl (C=O) groups excluding carboxylic acids is 1. The van der Waals surface area contributed by atoms with Crippen LogP contribution in [-0.4, -0.2) is 36.5 Å². The standard InChI is InChI=1S/C7H14N2O/c1-5(2)9-4-6(9)7(10)8-3/h5-6H,4H2,1-3H3,(H,8,10). The van der Waals surface area contributed by atoms with Gasteiger partial charge in [-0.1, -0.05) is 0 Å². The number of likely N-dealkylation sites (N-methyl/N-ethyl adjacent to an activating group) is 1. The molecule has 0 aromatic rings. The van der Waals surface area contributed by atoms with Gasteiger partial charge in [0, 0.05) is 19.6 Å². The lowest BCUT2D eigenvalue weighted by Crippen LogP contribution is -2.28. The second kappa shape index (κ2) is 2.58. The molecule has 3 nitrogen and oxygen atoms in total.